The lowest BCUT2D eigenvalue weighted by molar-refractivity contribution is -0.135. The molecule has 0 aromatic heterocycles. The highest BCUT2D eigenvalue weighted by Gasteiger charge is 2.50. The van der Waals surface area contributed by atoms with Gasteiger partial charge in [0.2, 0.25) is 5.91 Å². The van der Waals surface area contributed by atoms with Crippen LogP contribution in [0, 0.1) is 5.41 Å². The Bertz CT molecular complexity index is 322. The van der Waals surface area contributed by atoms with E-state index in [-0.39, 0.29) is 29.0 Å². The smallest absolute Gasteiger partial charge is 0.240 e. The highest BCUT2D eigenvalue weighted by molar-refractivity contribution is 5.87. The number of rotatable bonds is 4. The molecule has 4 nitrogen and oxygen atoms in total. The Balaban J connectivity index is 1.99. The van der Waals surface area contributed by atoms with Gasteiger partial charge < -0.3 is 15.7 Å². The number of aliphatic hydroxyl groups excluding tert-OH is 1. The Kier molecular flexibility index (Phi) is 3.70. The summed E-state index contributed by atoms with van der Waals surface area (Å²) in [7, 11) is 0. The molecular formula is C14H26N2O2. The minimum absolute atomic E-state index is 0.108. The van der Waals surface area contributed by atoms with E-state index in [1.807, 2.05) is 13.8 Å². The lowest BCUT2D eigenvalue weighted by atomic mass is 9.64. The van der Waals surface area contributed by atoms with E-state index in [4.69, 9.17) is 0 Å². The van der Waals surface area contributed by atoms with E-state index in [2.05, 4.69) is 17.6 Å². The average Bonchev–Trinajstić information content (AvgIpc) is 2.79. The molecule has 1 aliphatic heterocycles. The van der Waals surface area contributed by atoms with Crippen LogP contribution in [0.1, 0.15) is 52.9 Å². The standard InChI is InChI=1S/C14H26N2O2/c1-4-6-14(7-5-8-15-14)12(18)16-10-9-11(17)13(10,2)3/h10-11,15,17H,4-9H2,1-3H3,(H,16,18). The molecule has 2 rings (SSSR count). The van der Waals surface area contributed by atoms with E-state index >= 15 is 0 Å². The number of hydrogen-bond donors (Lipinski definition) is 3. The third-order valence-corrected chi connectivity index (χ3v) is 4.88. The molecule has 2 aliphatic rings. The summed E-state index contributed by atoms with van der Waals surface area (Å²) in [5.74, 6) is 0.131. The molecular weight excluding hydrogens is 228 g/mol. The quantitative estimate of drug-likeness (QED) is 0.706. The molecule has 0 aromatic carbocycles. The van der Waals surface area contributed by atoms with Crippen LogP contribution < -0.4 is 10.6 Å². The van der Waals surface area contributed by atoms with Crippen LogP contribution in [-0.2, 0) is 4.79 Å². The van der Waals surface area contributed by atoms with Crippen molar-refractivity contribution in [1.29, 1.82) is 0 Å². The number of carbonyl (C=O) groups is 1. The zero-order valence-corrected chi connectivity index (χ0v) is 11.8. The molecule has 1 saturated carbocycles. The van der Waals surface area contributed by atoms with Gasteiger partial charge in [-0.25, -0.2) is 0 Å². The van der Waals surface area contributed by atoms with E-state index < -0.39 is 0 Å². The molecule has 1 heterocycles. The maximum Gasteiger partial charge on any atom is 0.240 e. The van der Waals surface area contributed by atoms with E-state index in [0.717, 1.165) is 32.2 Å². The average molecular weight is 254 g/mol. The van der Waals surface area contributed by atoms with Crippen LogP contribution in [0.5, 0.6) is 0 Å². The second-order valence-corrected chi connectivity index (χ2v) is 6.46. The van der Waals surface area contributed by atoms with E-state index in [0.29, 0.717) is 6.42 Å². The van der Waals surface area contributed by atoms with Gasteiger partial charge in [-0.05, 0) is 32.2 Å². The fraction of sp³-hybridized carbons (Fsp3) is 0.929. The van der Waals surface area contributed by atoms with Gasteiger partial charge in [0.15, 0.2) is 0 Å². The third-order valence-electron chi connectivity index (χ3n) is 4.88. The summed E-state index contributed by atoms with van der Waals surface area (Å²) in [6.07, 6.45) is 4.31. The lowest BCUT2D eigenvalue weighted by Crippen LogP contribution is -2.65. The van der Waals surface area contributed by atoms with Gasteiger partial charge in [-0.1, -0.05) is 27.2 Å². The maximum absolute atomic E-state index is 12.5. The minimum Gasteiger partial charge on any atom is -0.392 e. The molecule has 0 spiro atoms. The second-order valence-electron chi connectivity index (χ2n) is 6.46. The molecule has 1 saturated heterocycles. The Morgan fingerprint density at radius 1 is 1.50 bits per heavy atom. The molecule has 1 amide bonds. The first-order valence-corrected chi connectivity index (χ1v) is 7.16. The van der Waals surface area contributed by atoms with Crippen LogP contribution in [0.15, 0.2) is 0 Å². The van der Waals surface area contributed by atoms with Crippen LogP contribution in [0.2, 0.25) is 0 Å². The molecule has 0 aromatic rings. The number of aliphatic hydroxyl groups is 1. The minimum atomic E-state index is -0.356. The van der Waals surface area contributed by atoms with Crippen molar-refractivity contribution in [3.63, 3.8) is 0 Å². The van der Waals surface area contributed by atoms with Crippen LogP contribution in [0.25, 0.3) is 0 Å². The Labute approximate surface area is 110 Å². The second kappa shape index (κ2) is 4.82. The van der Waals surface area contributed by atoms with Gasteiger partial charge in [0, 0.05) is 11.5 Å². The van der Waals surface area contributed by atoms with Gasteiger partial charge in [0.05, 0.1) is 11.6 Å². The van der Waals surface area contributed by atoms with Crippen molar-refractivity contribution in [1.82, 2.24) is 10.6 Å². The Morgan fingerprint density at radius 3 is 2.67 bits per heavy atom. The van der Waals surface area contributed by atoms with Crippen LogP contribution in [0.3, 0.4) is 0 Å². The normalized spacial score (nSPS) is 38.2. The first-order chi connectivity index (χ1) is 8.42. The van der Waals surface area contributed by atoms with Crippen molar-refractivity contribution in [2.24, 2.45) is 5.41 Å². The van der Waals surface area contributed by atoms with E-state index in [1.54, 1.807) is 0 Å². The highest BCUT2D eigenvalue weighted by atomic mass is 16.3. The van der Waals surface area contributed by atoms with Gasteiger partial charge in [0.1, 0.15) is 0 Å². The molecule has 4 heteroatoms. The summed E-state index contributed by atoms with van der Waals surface area (Å²) in [6.45, 7) is 7.08. The van der Waals surface area contributed by atoms with Crippen molar-refractivity contribution in [2.75, 3.05) is 6.54 Å². The lowest BCUT2D eigenvalue weighted by Gasteiger charge is -2.50. The Morgan fingerprint density at radius 2 is 2.22 bits per heavy atom. The van der Waals surface area contributed by atoms with Crippen molar-refractivity contribution < 1.29 is 9.90 Å². The van der Waals surface area contributed by atoms with Crippen LogP contribution in [-0.4, -0.2) is 35.2 Å². The first kappa shape index (κ1) is 13.8. The van der Waals surface area contributed by atoms with Crippen LogP contribution >= 0.6 is 0 Å². The molecule has 0 bridgehead atoms. The number of amides is 1. The zero-order valence-electron chi connectivity index (χ0n) is 11.8. The number of nitrogens with one attached hydrogen (secondary N) is 2. The summed E-state index contributed by atoms with van der Waals surface area (Å²) in [5, 5.41) is 16.3. The summed E-state index contributed by atoms with van der Waals surface area (Å²) >= 11 is 0. The van der Waals surface area contributed by atoms with E-state index in [9.17, 15) is 9.90 Å². The Hall–Kier alpha value is -0.610. The van der Waals surface area contributed by atoms with Gasteiger partial charge in [-0.2, -0.15) is 0 Å². The largest absolute Gasteiger partial charge is 0.392 e. The van der Waals surface area contributed by atoms with Gasteiger partial charge in [0.25, 0.3) is 0 Å². The zero-order chi connectivity index (χ0) is 13.4. The maximum atomic E-state index is 12.5. The fourth-order valence-corrected chi connectivity index (χ4v) is 3.20. The summed E-state index contributed by atoms with van der Waals surface area (Å²) in [4.78, 5) is 12.5. The fourth-order valence-electron chi connectivity index (χ4n) is 3.20. The molecule has 3 N–H and O–H groups in total. The topological polar surface area (TPSA) is 61.4 Å². The van der Waals surface area contributed by atoms with Crippen molar-refractivity contribution in [2.45, 2.75) is 70.6 Å². The summed E-state index contributed by atoms with van der Waals surface area (Å²) in [5.41, 5.74) is -0.549. The SMILES string of the molecule is CCCC1(C(=O)NC2CC(O)C2(C)C)CCCN1. The first-order valence-electron chi connectivity index (χ1n) is 7.16. The monoisotopic (exact) mass is 254 g/mol. The molecule has 3 unspecified atom stereocenters. The highest BCUT2D eigenvalue weighted by Crippen LogP contribution is 2.41. The molecule has 2 fully saturated rings. The molecule has 1 aliphatic carbocycles. The number of hydrogen-bond acceptors (Lipinski definition) is 3. The van der Waals surface area contributed by atoms with Crippen molar-refractivity contribution in [3.8, 4) is 0 Å². The van der Waals surface area contributed by atoms with E-state index in [1.165, 1.54) is 0 Å². The summed E-state index contributed by atoms with van der Waals surface area (Å²) in [6, 6.07) is 0.108. The predicted molar refractivity (Wildman–Crippen MR) is 71.2 cm³/mol. The van der Waals surface area contributed by atoms with Gasteiger partial charge in [-0.15, -0.1) is 0 Å². The molecule has 0 radical (unpaired) electrons. The summed E-state index contributed by atoms with van der Waals surface area (Å²) < 4.78 is 0. The predicted octanol–water partition coefficient (Wildman–Crippen LogP) is 1.18. The molecule has 3 atom stereocenters. The van der Waals surface area contributed by atoms with Crippen molar-refractivity contribution in [3.05, 3.63) is 0 Å². The van der Waals surface area contributed by atoms with Gasteiger partial charge in [-0.3, -0.25) is 4.79 Å². The number of carbonyl (C=O) groups excluding carboxylic acids is 1. The molecule has 18 heavy (non-hydrogen) atoms. The molecule has 104 valence electrons. The van der Waals surface area contributed by atoms with Crippen LogP contribution in [0.4, 0.5) is 0 Å². The third kappa shape index (κ3) is 2.16. The van der Waals surface area contributed by atoms with Gasteiger partial charge >= 0.3 is 0 Å². The van der Waals surface area contributed by atoms with Crippen molar-refractivity contribution >= 4 is 5.91 Å².